The molecule has 3 nitrogen and oxygen atoms in total. The van der Waals surface area contributed by atoms with Crippen LogP contribution in [0.15, 0.2) is 18.7 Å². The van der Waals surface area contributed by atoms with Crippen molar-refractivity contribution in [3.8, 4) is 17.2 Å². The summed E-state index contributed by atoms with van der Waals surface area (Å²) in [6.07, 6.45) is 3.50. The molecule has 0 bridgehead atoms. The molecule has 17 heavy (non-hydrogen) atoms. The zero-order valence-electron chi connectivity index (χ0n) is 10.4. The minimum absolute atomic E-state index is 0.494. The second-order valence-electron chi connectivity index (χ2n) is 3.44. The highest BCUT2D eigenvalue weighted by Gasteiger charge is 2.19. The minimum atomic E-state index is 0.494. The van der Waals surface area contributed by atoms with Crippen LogP contribution in [0.1, 0.15) is 12.0 Å². The summed E-state index contributed by atoms with van der Waals surface area (Å²) in [5, 5.41) is 0.518. The van der Waals surface area contributed by atoms with E-state index in [-0.39, 0.29) is 0 Å². The lowest BCUT2D eigenvalue weighted by atomic mass is 10.1. The Balaban J connectivity index is 3.31. The van der Waals surface area contributed by atoms with Crippen molar-refractivity contribution in [3.05, 3.63) is 29.3 Å². The molecule has 1 aromatic rings. The molecule has 0 saturated heterocycles. The number of aryl methyl sites for hydroxylation is 1. The molecule has 0 aromatic heterocycles. The van der Waals surface area contributed by atoms with Crippen molar-refractivity contribution in [1.82, 2.24) is 0 Å². The summed E-state index contributed by atoms with van der Waals surface area (Å²) in [4.78, 5) is 0. The fraction of sp³-hybridized carbons (Fsp3) is 0.385. The number of hydrogen-bond donors (Lipinski definition) is 0. The third-order valence-electron chi connectivity index (χ3n) is 2.45. The highest BCUT2D eigenvalue weighted by atomic mass is 35.5. The molecule has 0 heterocycles. The van der Waals surface area contributed by atoms with Crippen LogP contribution < -0.4 is 14.2 Å². The normalized spacial score (nSPS) is 9.88. The van der Waals surface area contributed by atoms with Crippen LogP contribution in [0.3, 0.4) is 0 Å². The van der Waals surface area contributed by atoms with Crippen LogP contribution in [0.5, 0.6) is 17.2 Å². The molecule has 0 atom stereocenters. The van der Waals surface area contributed by atoms with Gasteiger partial charge in [-0.3, -0.25) is 0 Å². The van der Waals surface area contributed by atoms with Gasteiger partial charge in [0, 0.05) is 5.56 Å². The van der Waals surface area contributed by atoms with Gasteiger partial charge < -0.3 is 14.2 Å². The van der Waals surface area contributed by atoms with Gasteiger partial charge in [-0.25, -0.2) is 0 Å². The Kier molecular flexibility index (Phi) is 5.16. The van der Waals surface area contributed by atoms with Gasteiger partial charge in [0.25, 0.3) is 0 Å². The van der Waals surface area contributed by atoms with E-state index in [1.807, 2.05) is 12.1 Å². The van der Waals surface area contributed by atoms with Crippen LogP contribution in [-0.4, -0.2) is 21.3 Å². The maximum Gasteiger partial charge on any atom is 0.205 e. The summed E-state index contributed by atoms with van der Waals surface area (Å²) in [5.41, 5.74) is 0.982. The molecule has 0 aliphatic carbocycles. The van der Waals surface area contributed by atoms with Crippen molar-refractivity contribution in [3.63, 3.8) is 0 Å². The van der Waals surface area contributed by atoms with Gasteiger partial charge in [0.1, 0.15) is 0 Å². The first kappa shape index (κ1) is 13.7. The molecule has 0 aliphatic heterocycles. The highest BCUT2D eigenvalue weighted by Crippen LogP contribution is 2.45. The average Bonchev–Trinajstić information content (AvgIpc) is 2.35. The topological polar surface area (TPSA) is 27.7 Å². The van der Waals surface area contributed by atoms with Gasteiger partial charge in [-0.2, -0.15) is 0 Å². The first-order valence-electron chi connectivity index (χ1n) is 5.27. The van der Waals surface area contributed by atoms with Gasteiger partial charge in [0.15, 0.2) is 11.5 Å². The molecular weight excluding hydrogens is 240 g/mol. The van der Waals surface area contributed by atoms with Gasteiger partial charge in [0.2, 0.25) is 5.75 Å². The van der Waals surface area contributed by atoms with E-state index in [4.69, 9.17) is 25.8 Å². The van der Waals surface area contributed by atoms with E-state index in [1.165, 1.54) is 0 Å². The fourth-order valence-electron chi connectivity index (χ4n) is 1.68. The van der Waals surface area contributed by atoms with E-state index in [2.05, 4.69) is 6.58 Å². The molecule has 0 spiro atoms. The number of halogens is 1. The zero-order chi connectivity index (χ0) is 12.8. The van der Waals surface area contributed by atoms with E-state index in [0.29, 0.717) is 22.3 Å². The average molecular weight is 257 g/mol. The summed E-state index contributed by atoms with van der Waals surface area (Å²) in [6, 6.07) is 1.84. The molecule has 0 N–H and O–H groups in total. The van der Waals surface area contributed by atoms with Crippen molar-refractivity contribution < 1.29 is 14.2 Å². The van der Waals surface area contributed by atoms with Crippen LogP contribution in [0.4, 0.5) is 0 Å². The number of ether oxygens (including phenoxy) is 3. The van der Waals surface area contributed by atoms with Crippen molar-refractivity contribution >= 4 is 11.6 Å². The van der Waals surface area contributed by atoms with Crippen molar-refractivity contribution in [2.24, 2.45) is 0 Å². The molecular formula is C13H17ClO3. The molecule has 0 amide bonds. The summed E-state index contributed by atoms with van der Waals surface area (Å²) in [7, 11) is 4.71. The van der Waals surface area contributed by atoms with E-state index in [0.717, 1.165) is 18.4 Å². The second kappa shape index (κ2) is 6.40. The number of rotatable bonds is 6. The third-order valence-corrected chi connectivity index (χ3v) is 2.73. The van der Waals surface area contributed by atoms with Crippen LogP contribution in [0.2, 0.25) is 5.02 Å². The lowest BCUT2D eigenvalue weighted by molar-refractivity contribution is 0.322. The van der Waals surface area contributed by atoms with Gasteiger partial charge >= 0.3 is 0 Å². The van der Waals surface area contributed by atoms with Crippen LogP contribution in [0.25, 0.3) is 0 Å². The smallest absolute Gasteiger partial charge is 0.205 e. The lowest BCUT2D eigenvalue weighted by Gasteiger charge is -2.16. The van der Waals surface area contributed by atoms with Gasteiger partial charge in [-0.15, -0.1) is 6.58 Å². The first-order chi connectivity index (χ1) is 8.19. The molecule has 0 aliphatic rings. The summed E-state index contributed by atoms with van der Waals surface area (Å²) < 4.78 is 15.9. The summed E-state index contributed by atoms with van der Waals surface area (Å²) in [6.45, 7) is 3.70. The predicted molar refractivity (Wildman–Crippen MR) is 69.6 cm³/mol. The highest BCUT2D eigenvalue weighted by molar-refractivity contribution is 6.32. The van der Waals surface area contributed by atoms with Gasteiger partial charge in [-0.05, 0) is 18.9 Å². The number of hydrogen-bond acceptors (Lipinski definition) is 3. The largest absolute Gasteiger partial charge is 0.492 e. The Labute approximate surface area is 107 Å². The SMILES string of the molecule is C=CCCc1cc(Cl)c(OC)c(OC)c1OC. The maximum absolute atomic E-state index is 6.13. The van der Waals surface area contributed by atoms with Gasteiger partial charge in [0.05, 0.1) is 26.4 Å². The standard InChI is InChI=1S/C13H17ClO3/c1-5-6-7-9-8-10(14)12(16-3)13(17-4)11(9)15-2/h5,8H,1,6-7H2,2-4H3. The lowest BCUT2D eigenvalue weighted by Crippen LogP contribution is -1.99. The zero-order valence-corrected chi connectivity index (χ0v) is 11.1. The number of allylic oxidation sites excluding steroid dienone is 1. The van der Waals surface area contributed by atoms with Crippen molar-refractivity contribution in [1.29, 1.82) is 0 Å². The summed E-state index contributed by atoms with van der Waals surface area (Å²) in [5.74, 6) is 1.69. The molecule has 94 valence electrons. The molecule has 0 fully saturated rings. The second-order valence-corrected chi connectivity index (χ2v) is 3.85. The maximum atomic E-state index is 6.13. The Morgan fingerprint density at radius 3 is 2.18 bits per heavy atom. The summed E-state index contributed by atoms with van der Waals surface area (Å²) >= 11 is 6.13. The van der Waals surface area contributed by atoms with Crippen LogP contribution in [-0.2, 0) is 6.42 Å². The van der Waals surface area contributed by atoms with E-state index in [9.17, 15) is 0 Å². The Morgan fingerprint density at radius 2 is 1.71 bits per heavy atom. The molecule has 0 saturated carbocycles. The van der Waals surface area contributed by atoms with E-state index in [1.54, 1.807) is 21.3 Å². The van der Waals surface area contributed by atoms with Crippen LogP contribution in [0, 0.1) is 0 Å². The molecule has 1 aromatic carbocycles. The molecule has 0 radical (unpaired) electrons. The van der Waals surface area contributed by atoms with Crippen molar-refractivity contribution in [2.45, 2.75) is 12.8 Å². The third kappa shape index (κ3) is 2.86. The Hall–Kier alpha value is -1.35. The quantitative estimate of drug-likeness (QED) is 0.730. The molecule has 1 rings (SSSR count). The molecule has 4 heteroatoms. The Bertz CT molecular complexity index is 402. The monoisotopic (exact) mass is 256 g/mol. The molecule has 0 unspecified atom stereocenters. The predicted octanol–water partition coefficient (Wildman–Crippen LogP) is 3.48. The van der Waals surface area contributed by atoms with E-state index >= 15 is 0 Å². The van der Waals surface area contributed by atoms with Gasteiger partial charge in [-0.1, -0.05) is 17.7 Å². The number of benzene rings is 1. The van der Waals surface area contributed by atoms with Crippen LogP contribution >= 0.6 is 11.6 Å². The minimum Gasteiger partial charge on any atom is -0.492 e. The first-order valence-corrected chi connectivity index (χ1v) is 5.65. The Morgan fingerprint density at radius 1 is 1.12 bits per heavy atom. The fourth-order valence-corrected chi connectivity index (χ4v) is 1.98. The number of methoxy groups -OCH3 is 3. The van der Waals surface area contributed by atoms with Crippen molar-refractivity contribution in [2.75, 3.05) is 21.3 Å². The van der Waals surface area contributed by atoms with E-state index < -0.39 is 0 Å².